The molecule has 1 amide bonds. The SMILES string of the molecule is Cc1cc(C(=O)Nc2ccc(Cl)cc2[N+](=O)[O-])ccc1Br. The van der Waals surface area contributed by atoms with Gasteiger partial charge in [-0.05, 0) is 42.8 Å². The second kappa shape index (κ2) is 6.24. The second-order valence-corrected chi connectivity index (χ2v) is 5.63. The molecule has 0 saturated heterocycles. The smallest absolute Gasteiger partial charge is 0.294 e. The zero-order chi connectivity index (χ0) is 15.6. The van der Waals surface area contributed by atoms with Crippen LogP contribution >= 0.6 is 27.5 Å². The zero-order valence-electron chi connectivity index (χ0n) is 10.9. The van der Waals surface area contributed by atoms with E-state index in [0.717, 1.165) is 10.0 Å². The van der Waals surface area contributed by atoms with E-state index in [1.54, 1.807) is 18.2 Å². The molecule has 5 nitrogen and oxygen atoms in total. The summed E-state index contributed by atoms with van der Waals surface area (Å²) in [4.78, 5) is 22.5. The van der Waals surface area contributed by atoms with E-state index in [9.17, 15) is 14.9 Å². The molecule has 0 atom stereocenters. The third kappa shape index (κ3) is 3.59. The molecule has 7 heteroatoms. The Hall–Kier alpha value is -1.92. The summed E-state index contributed by atoms with van der Waals surface area (Å²) in [6.07, 6.45) is 0. The molecule has 0 aliphatic carbocycles. The second-order valence-electron chi connectivity index (χ2n) is 4.34. The van der Waals surface area contributed by atoms with Gasteiger partial charge in [-0.15, -0.1) is 0 Å². The Morgan fingerprint density at radius 1 is 1.29 bits per heavy atom. The Labute approximate surface area is 134 Å². The maximum absolute atomic E-state index is 12.2. The summed E-state index contributed by atoms with van der Waals surface area (Å²) < 4.78 is 0.886. The lowest BCUT2D eigenvalue weighted by molar-refractivity contribution is -0.383. The molecule has 0 radical (unpaired) electrons. The number of nitro benzene ring substituents is 1. The fourth-order valence-corrected chi connectivity index (χ4v) is 2.15. The van der Waals surface area contributed by atoms with Gasteiger partial charge in [0.1, 0.15) is 5.69 Å². The number of nitro groups is 1. The third-order valence-electron chi connectivity index (χ3n) is 2.82. The number of nitrogens with one attached hydrogen (secondary N) is 1. The average molecular weight is 370 g/mol. The van der Waals surface area contributed by atoms with Crippen molar-refractivity contribution < 1.29 is 9.72 Å². The number of halogens is 2. The number of aryl methyl sites for hydroxylation is 1. The van der Waals surface area contributed by atoms with Crippen LogP contribution in [0.1, 0.15) is 15.9 Å². The van der Waals surface area contributed by atoms with E-state index < -0.39 is 10.8 Å². The van der Waals surface area contributed by atoms with Gasteiger partial charge in [0, 0.05) is 21.1 Å². The number of amides is 1. The summed E-state index contributed by atoms with van der Waals surface area (Å²) in [5.41, 5.74) is 1.17. The van der Waals surface area contributed by atoms with E-state index in [0.29, 0.717) is 5.56 Å². The maximum Gasteiger partial charge on any atom is 0.294 e. The number of carbonyl (C=O) groups is 1. The molecule has 0 heterocycles. The summed E-state index contributed by atoms with van der Waals surface area (Å²) >= 11 is 9.08. The molecular weight excluding hydrogens is 360 g/mol. The van der Waals surface area contributed by atoms with Gasteiger partial charge in [0.2, 0.25) is 0 Å². The van der Waals surface area contributed by atoms with Crippen LogP contribution in [0, 0.1) is 17.0 Å². The van der Waals surface area contributed by atoms with Crippen LogP contribution in [-0.2, 0) is 0 Å². The third-order valence-corrected chi connectivity index (χ3v) is 3.95. The Bertz CT molecular complexity index is 734. The molecule has 0 saturated carbocycles. The molecule has 0 bridgehead atoms. The lowest BCUT2D eigenvalue weighted by atomic mass is 10.1. The van der Waals surface area contributed by atoms with Crippen LogP contribution in [0.25, 0.3) is 0 Å². The highest BCUT2D eigenvalue weighted by atomic mass is 79.9. The molecule has 0 aliphatic rings. The van der Waals surface area contributed by atoms with Crippen LogP contribution < -0.4 is 5.32 Å². The molecule has 21 heavy (non-hydrogen) atoms. The van der Waals surface area contributed by atoms with Gasteiger partial charge >= 0.3 is 0 Å². The molecule has 2 aromatic rings. The van der Waals surface area contributed by atoms with Crippen molar-refractivity contribution in [2.45, 2.75) is 6.92 Å². The fraction of sp³-hybridized carbons (Fsp3) is 0.0714. The predicted octanol–water partition coefficient (Wildman–Crippen LogP) is 4.57. The van der Waals surface area contributed by atoms with Crippen molar-refractivity contribution in [3.05, 3.63) is 67.1 Å². The first-order valence-corrected chi connectivity index (χ1v) is 7.07. The Morgan fingerprint density at radius 3 is 2.62 bits per heavy atom. The standard InChI is InChI=1S/C14H10BrClN2O3/c1-8-6-9(2-4-11(8)15)14(19)17-12-5-3-10(16)7-13(12)18(20)21/h2-7H,1H3,(H,17,19). The first kappa shape index (κ1) is 15.5. The van der Waals surface area contributed by atoms with Crippen LogP contribution in [0.2, 0.25) is 5.02 Å². The summed E-state index contributed by atoms with van der Waals surface area (Å²) in [6, 6.07) is 9.17. The highest BCUT2D eigenvalue weighted by molar-refractivity contribution is 9.10. The van der Waals surface area contributed by atoms with E-state index in [-0.39, 0.29) is 16.4 Å². The molecule has 0 aromatic heterocycles. The summed E-state index contributed by atoms with van der Waals surface area (Å²) in [5.74, 6) is -0.420. The molecule has 1 N–H and O–H groups in total. The molecule has 108 valence electrons. The number of hydrogen-bond acceptors (Lipinski definition) is 3. The topological polar surface area (TPSA) is 72.2 Å². The molecule has 0 aliphatic heterocycles. The zero-order valence-corrected chi connectivity index (χ0v) is 13.2. The molecule has 2 rings (SSSR count). The van der Waals surface area contributed by atoms with Gasteiger partial charge in [0.05, 0.1) is 4.92 Å². The van der Waals surface area contributed by atoms with Crippen LogP contribution in [0.4, 0.5) is 11.4 Å². The van der Waals surface area contributed by atoms with Crippen LogP contribution in [-0.4, -0.2) is 10.8 Å². The number of nitrogens with zero attached hydrogens (tertiary/aromatic N) is 1. The van der Waals surface area contributed by atoms with E-state index in [1.807, 2.05) is 6.92 Å². The summed E-state index contributed by atoms with van der Waals surface area (Å²) in [5, 5.41) is 13.7. The van der Waals surface area contributed by atoms with Crippen LogP contribution in [0.15, 0.2) is 40.9 Å². The number of anilines is 1. The van der Waals surface area contributed by atoms with Crippen LogP contribution in [0.5, 0.6) is 0 Å². The van der Waals surface area contributed by atoms with E-state index in [4.69, 9.17) is 11.6 Å². The number of rotatable bonds is 3. The minimum atomic E-state index is -0.589. The number of benzene rings is 2. The van der Waals surface area contributed by atoms with Gasteiger partial charge < -0.3 is 5.32 Å². The Morgan fingerprint density at radius 2 is 2.00 bits per heavy atom. The van der Waals surface area contributed by atoms with Gasteiger partial charge in [-0.2, -0.15) is 0 Å². The molecular formula is C14H10BrClN2O3. The van der Waals surface area contributed by atoms with Crippen molar-refractivity contribution in [2.75, 3.05) is 5.32 Å². The highest BCUT2D eigenvalue weighted by Gasteiger charge is 2.17. The van der Waals surface area contributed by atoms with Crippen molar-refractivity contribution >= 4 is 44.8 Å². The van der Waals surface area contributed by atoms with E-state index in [2.05, 4.69) is 21.2 Å². The van der Waals surface area contributed by atoms with Crippen molar-refractivity contribution in [3.8, 4) is 0 Å². The van der Waals surface area contributed by atoms with Gasteiger partial charge in [0.25, 0.3) is 11.6 Å². The monoisotopic (exact) mass is 368 g/mol. The summed E-state index contributed by atoms with van der Waals surface area (Å²) in [6.45, 7) is 1.85. The average Bonchev–Trinajstić information content (AvgIpc) is 2.43. The van der Waals surface area contributed by atoms with Crippen molar-refractivity contribution in [1.29, 1.82) is 0 Å². The van der Waals surface area contributed by atoms with Crippen molar-refractivity contribution in [2.24, 2.45) is 0 Å². The van der Waals surface area contributed by atoms with Gasteiger partial charge in [-0.25, -0.2) is 0 Å². The highest BCUT2D eigenvalue weighted by Crippen LogP contribution is 2.28. The quantitative estimate of drug-likeness (QED) is 0.636. The fourth-order valence-electron chi connectivity index (χ4n) is 1.74. The minimum absolute atomic E-state index is 0.106. The van der Waals surface area contributed by atoms with E-state index >= 15 is 0 Å². The Balaban J connectivity index is 2.31. The normalized spacial score (nSPS) is 10.2. The molecule has 0 fully saturated rings. The van der Waals surface area contributed by atoms with Gasteiger partial charge in [-0.3, -0.25) is 14.9 Å². The van der Waals surface area contributed by atoms with Crippen molar-refractivity contribution in [1.82, 2.24) is 0 Å². The lowest BCUT2D eigenvalue weighted by Gasteiger charge is -2.07. The van der Waals surface area contributed by atoms with Crippen molar-refractivity contribution in [3.63, 3.8) is 0 Å². The molecule has 0 unspecified atom stereocenters. The van der Waals surface area contributed by atoms with Gasteiger partial charge in [-0.1, -0.05) is 27.5 Å². The summed E-state index contributed by atoms with van der Waals surface area (Å²) in [7, 11) is 0. The van der Waals surface area contributed by atoms with Crippen LogP contribution in [0.3, 0.4) is 0 Å². The van der Waals surface area contributed by atoms with E-state index in [1.165, 1.54) is 18.2 Å². The molecule has 2 aromatic carbocycles. The first-order valence-electron chi connectivity index (χ1n) is 5.90. The lowest BCUT2D eigenvalue weighted by Crippen LogP contribution is -2.13. The molecule has 0 spiro atoms. The first-order chi connectivity index (χ1) is 9.88. The Kier molecular flexibility index (Phi) is 4.59. The predicted molar refractivity (Wildman–Crippen MR) is 84.9 cm³/mol. The minimum Gasteiger partial charge on any atom is -0.316 e. The maximum atomic E-state index is 12.2. The number of hydrogen-bond donors (Lipinski definition) is 1. The largest absolute Gasteiger partial charge is 0.316 e. The van der Waals surface area contributed by atoms with Gasteiger partial charge in [0.15, 0.2) is 0 Å². The number of carbonyl (C=O) groups excluding carboxylic acids is 1.